The molecule has 1 aliphatic rings. The van der Waals surface area contributed by atoms with Gasteiger partial charge in [0.15, 0.2) is 5.78 Å². The molecular weight excluding hydrogens is 130 g/mol. The van der Waals surface area contributed by atoms with Gasteiger partial charge in [0.05, 0.1) is 6.07 Å². The van der Waals surface area contributed by atoms with Crippen LogP contribution in [0, 0.1) is 17.2 Å². The van der Waals surface area contributed by atoms with Crippen LogP contribution in [0.25, 0.3) is 0 Å². The molecule has 1 aliphatic carbocycles. The molecule has 3 heteroatoms. The first-order valence-corrected chi connectivity index (χ1v) is 2.76. The predicted octanol–water partition coefficient (Wildman–Crippen LogP) is 0.707. The number of rotatable bonds is 0. The third-order valence-electron chi connectivity index (χ3n) is 1.20. The molecule has 0 fully saturated rings. The number of allylic oxidation sites excluding steroid dienone is 3. The standard InChI is InChI=1S/C7H5NO2/c8-4-5-1-2-6(9)3-7(5)10/h1-3,5,9H. The van der Waals surface area contributed by atoms with Gasteiger partial charge in [-0.05, 0) is 6.08 Å². The molecule has 3 nitrogen and oxygen atoms in total. The van der Waals surface area contributed by atoms with Gasteiger partial charge in [-0.1, -0.05) is 6.08 Å². The van der Waals surface area contributed by atoms with Crippen LogP contribution in [0.3, 0.4) is 0 Å². The SMILES string of the molecule is N#CC1C=CC(O)=CC1=O. The average molecular weight is 135 g/mol. The van der Waals surface area contributed by atoms with Crippen molar-refractivity contribution in [3.05, 3.63) is 24.0 Å². The van der Waals surface area contributed by atoms with Gasteiger partial charge in [0, 0.05) is 6.08 Å². The summed E-state index contributed by atoms with van der Waals surface area (Å²) in [6.07, 6.45) is 3.76. The van der Waals surface area contributed by atoms with Gasteiger partial charge in [0.2, 0.25) is 0 Å². The number of nitrogens with zero attached hydrogens (tertiary/aromatic N) is 1. The summed E-state index contributed by atoms with van der Waals surface area (Å²) in [6, 6.07) is 1.78. The number of aliphatic hydroxyl groups is 1. The smallest absolute Gasteiger partial charge is 0.180 e. The maximum atomic E-state index is 10.7. The molecule has 1 N–H and O–H groups in total. The fourth-order valence-electron chi connectivity index (χ4n) is 0.680. The topological polar surface area (TPSA) is 61.1 Å². The van der Waals surface area contributed by atoms with Crippen molar-refractivity contribution < 1.29 is 9.90 Å². The zero-order chi connectivity index (χ0) is 7.56. The largest absolute Gasteiger partial charge is 0.508 e. The van der Waals surface area contributed by atoms with Gasteiger partial charge in [-0.3, -0.25) is 4.79 Å². The molecule has 0 radical (unpaired) electrons. The van der Waals surface area contributed by atoms with Crippen molar-refractivity contribution >= 4 is 5.78 Å². The minimum absolute atomic E-state index is 0.0866. The second kappa shape index (κ2) is 2.36. The summed E-state index contributed by atoms with van der Waals surface area (Å²) >= 11 is 0. The van der Waals surface area contributed by atoms with E-state index in [2.05, 4.69) is 0 Å². The molecular formula is C7H5NO2. The van der Waals surface area contributed by atoms with Crippen molar-refractivity contribution in [2.45, 2.75) is 0 Å². The van der Waals surface area contributed by atoms with Crippen LogP contribution in [-0.4, -0.2) is 10.9 Å². The molecule has 0 saturated carbocycles. The van der Waals surface area contributed by atoms with Crippen LogP contribution < -0.4 is 0 Å². The quantitative estimate of drug-likeness (QED) is 0.532. The lowest BCUT2D eigenvalue weighted by atomic mass is 10.0. The van der Waals surface area contributed by atoms with Crippen molar-refractivity contribution in [1.82, 2.24) is 0 Å². The Balaban J connectivity index is 2.87. The van der Waals surface area contributed by atoms with Gasteiger partial charge >= 0.3 is 0 Å². The highest BCUT2D eigenvalue weighted by Gasteiger charge is 2.15. The van der Waals surface area contributed by atoms with E-state index < -0.39 is 5.92 Å². The highest BCUT2D eigenvalue weighted by molar-refractivity contribution is 5.96. The van der Waals surface area contributed by atoms with E-state index in [4.69, 9.17) is 10.4 Å². The summed E-state index contributed by atoms with van der Waals surface area (Å²) < 4.78 is 0. The van der Waals surface area contributed by atoms with Gasteiger partial charge in [0.25, 0.3) is 0 Å². The lowest BCUT2D eigenvalue weighted by molar-refractivity contribution is -0.115. The van der Waals surface area contributed by atoms with Crippen molar-refractivity contribution in [3.63, 3.8) is 0 Å². The van der Waals surface area contributed by atoms with Crippen molar-refractivity contribution in [2.75, 3.05) is 0 Å². The number of carbonyl (C=O) groups is 1. The van der Waals surface area contributed by atoms with E-state index in [1.165, 1.54) is 12.2 Å². The number of nitriles is 1. The molecule has 0 amide bonds. The molecule has 50 valence electrons. The molecule has 0 aromatic carbocycles. The second-order valence-corrected chi connectivity index (χ2v) is 1.94. The van der Waals surface area contributed by atoms with Crippen LogP contribution in [0.15, 0.2) is 24.0 Å². The lowest BCUT2D eigenvalue weighted by Crippen LogP contribution is -2.10. The molecule has 0 spiro atoms. The molecule has 0 aromatic rings. The summed E-state index contributed by atoms with van der Waals surface area (Å²) in [5.74, 6) is -1.16. The predicted molar refractivity (Wildman–Crippen MR) is 34.0 cm³/mol. The van der Waals surface area contributed by atoms with Crippen LogP contribution in [0.5, 0.6) is 0 Å². The van der Waals surface area contributed by atoms with E-state index in [0.717, 1.165) is 6.08 Å². The number of hydrogen-bond donors (Lipinski definition) is 1. The van der Waals surface area contributed by atoms with E-state index in [1.807, 2.05) is 0 Å². The van der Waals surface area contributed by atoms with Crippen LogP contribution >= 0.6 is 0 Å². The zero-order valence-electron chi connectivity index (χ0n) is 5.11. The minimum Gasteiger partial charge on any atom is -0.508 e. The molecule has 0 bridgehead atoms. The number of ketones is 1. The van der Waals surface area contributed by atoms with Crippen molar-refractivity contribution in [1.29, 1.82) is 5.26 Å². The molecule has 0 saturated heterocycles. The van der Waals surface area contributed by atoms with E-state index >= 15 is 0 Å². The van der Waals surface area contributed by atoms with E-state index in [0.29, 0.717) is 0 Å². The van der Waals surface area contributed by atoms with Gasteiger partial charge in [-0.25, -0.2) is 0 Å². The van der Waals surface area contributed by atoms with Crippen LogP contribution in [0.4, 0.5) is 0 Å². The molecule has 0 aliphatic heterocycles. The van der Waals surface area contributed by atoms with Gasteiger partial charge in [-0.2, -0.15) is 5.26 Å². The average Bonchev–Trinajstić information content (AvgIpc) is 1.88. The first-order chi connectivity index (χ1) is 4.74. The Hall–Kier alpha value is -1.56. The molecule has 1 rings (SSSR count). The second-order valence-electron chi connectivity index (χ2n) is 1.94. The highest BCUT2D eigenvalue weighted by atomic mass is 16.3. The van der Waals surface area contributed by atoms with Crippen molar-refractivity contribution in [2.24, 2.45) is 5.92 Å². The third-order valence-corrected chi connectivity index (χ3v) is 1.20. The number of aliphatic hydroxyl groups excluding tert-OH is 1. The summed E-state index contributed by atoms with van der Waals surface area (Å²) in [7, 11) is 0. The van der Waals surface area contributed by atoms with E-state index in [9.17, 15) is 4.79 Å². The Kier molecular flexibility index (Phi) is 1.55. The summed E-state index contributed by atoms with van der Waals surface area (Å²) in [5.41, 5.74) is 0. The first-order valence-electron chi connectivity index (χ1n) is 2.76. The maximum absolute atomic E-state index is 10.7. The van der Waals surface area contributed by atoms with E-state index in [-0.39, 0.29) is 11.5 Å². The highest BCUT2D eigenvalue weighted by Crippen LogP contribution is 2.09. The Bertz CT molecular complexity index is 257. The fourth-order valence-corrected chi connectivity index (χ4v) is 0.680. The Morgan fingerprint density at radius 1 is 1.70 bits per heavy atom. The summed E-state index contributed by atoms with van der Waals surface area (Å²) in [5, 5.41) is 17.1. The summed E-state index contributed by atoms with van der Waals surface area (Å²) in [4.78, 5) is 10.7. The Labute approximate surface area is 57.9 Å². The first kappa shape index (κ1) is 6.56. The van der Waals surface area contributed by atoms with Gasteiger partial charge in [-0.15, -0.1) is 0 Å². The number of carbonyl (C=O) groups excluding carboxylic acids is 1. The summed E-state index contributed by atoms with van der Waals surface area (Å²) in [6.45, 7) is 0. The van der Waals surface area contributed by atoms with Gasteiger partial charge < -0.3 is 5.11 Å². The van der Waals surface area contributed by atoms with Crippen LogP contribution in [-0.2, 0) is 4.79 Å². The monoisotopic (exact) mass is 135 g/mol. The van der Waals surface area contributed by atoms with Crippen LogP contribution in [0.1, 0.15) is 0 Å². The van der Waals surface area contributed by atoms with Crippen molar-refractivity contribution in [3.8, 4) is 6.07 Å². The number of hydrogen-bond acceptors (Lipinski definition) is 3. The Morgan fingerprint density at radius 3 is 2.90 bits per heavy atom. The normalized spacial score (nSPS) is 23.7. The van der Waals surface area contributed by atoms with E-state index in [1.54, 1.807) is 6.07 Å². The molecule has 0 heterocycles. The Morgan fingerprint density at radius 2 is 2.40 bits per heavy atom. The minimum atomic E-state index is -0.712. The van der Waals surface area contributed by atoms with Crippen LogP contribution in [0.2, 0.25) is 0 Å². The van der Waals surface area contributed by atoms with Gasteiger partial charge in [0.1, 0.15) is 11.7 Å². The third kappa shape index (κ3) is 1.06. The maximum Gasteiger partial charge on any atom is 0.180 e. The molecule has 1 atom stereocenters. The molecule has 10 heavy (non-hydrogen) atoms. The lowest BCUT2D eigenvalue weighted by Gasteiger charge is -2.02. The molecule has 1 unspecified atom stereocenters. The molecule has 0 aromatic heterocycles. The zero-order valence-corrected chi connectivity index (χ0v) is 5.11. The fraction of sp³-hybridized carbons (Fsp3) is 0.143.